The van der Waals surface area contributed by atoms with E-state index in [-0.39, 0.29) is 11.9 Å². The molecule has 1 aliphatic carbocycles. The highest BCUT2D eigenvalue weighted by atomic mass is 19.4. The molecule has 0 N–H and O–H groups in total. The van der Waals surface area contributed by atoms with Gasteiger partial charge in [0.15, 0.2) is 0 Å². The zero-order valence-corrected chi connectivity index (χ0v) is 9.63. The van der Waals surface area contributed by atoms with Crippen LogP contribution in [0, 0.1) is 5.92 Å². The minimum absolute atomic E-state index is 0.0421. The first-order chi connectivity index (χ1) is 8.00. The molecule has 2 rings (SSSR count). The van der Waals surface area contributed by atoms with Crippen molar-refractivity contribution in [2.24, 2.45) is 5.92 Å². The van der Waals surface area contributed by atoms with Gasteiger partial charge < -0.3 is 4.74 Å². The monoisotopic (exact) mass is 244 g/mol. The number of alkyl halides is 3. The first-order valence-electron chi connectivity index (χ1n) is 5.83. The Labute approximate surface area is 98.6 Å². The van der Waals surface area contributed by atoms with E-state index in [1.165, 1.54) is 12.1 Å². The summed E-state index contributed by atoms with van der Waals surface area (Å²) < 4.78 is 43.5. The molecule has 1 aromatic carbocycles. The number of hydrogen-bond donors (Lipinski definition) is 0. The summed E-state index contributed by atoms with van der Waals surface area (Å²) in [7, 11) is 0. The van der Waals surface area contributed by atoms with Crippen molar-refractivity contribution in [2.75, 3.05) is 0 Å². The van der Waals surface area contributed by atoms with Crippen LogP contribution >= 0.6 is 0 Å². The number of halogens is 3. The van der Waals surface area contributed by atoms with E-state index < -0.39 is 11.7 Å². The molecule has 0 unspecified atom stereocenters. The second-order valence-electron chi connectivity index (χ2n) is 4.48. The maximum absolute atomic E-state index is 12.7. The van der Waals surface area contributed by atoms with Crippen molar-refractivity contribution in [2.45, 2.75) is 38.5 Å². The summed E-state index contributed by atoms with van der Waals surface area (Å²) >= 11 is 0. The molecule has 0 aliphatic heterocycles. The Hall–Kier alpha value is -1.19. The van der Waals surface area contributed by atoms with Crippen LogP contribution in [-0.4, -0.2) is 6.10 Å². The van der Waals surface area contributed by atoms with Gasteiger partial charge in [0.1, 0.15) is 5.75 Å². The standard InChI is InChI=1S/C13H15F3O/c1-2-9-7-10(8-9)17-12-6-4-3-5-11(12)13(14,15)16/h3-6,9-10H,2,7-8H2,1H3. The molecule has 0 heterocycles. The molecule has 1 saturated carbocycles. The third-order valence-electron chi connectivity index (χ3n) is 3.26. The van der Waals surface area contributed by atoms with Crippen molar-refractivity contribution in [3.63, 3.8) is 0 Å². The van der Waals surface area contributed by atoms with Crippen LogP contribution in [0.4, 0.5) is 13.2 Å². The van der Waals surface area contributed by atoms with E-state index >= 15 is 0 Å². The van der Waals surface area contributed by atoms with Crippen molar-refractivity contribution in [1.82, 2.24) is 0 Å². The lowest BCUT2D eigenvalue weighted by Gasteiger charge is -2.35. The van der Waals surface area contributed by atoms with Crippen molar-refractivity contribution in [3.8, 4) is 5.75 Å². The predicted molar refractivity (Wildman–Crippen MR) is 58.9 cm³/mol. The molecule has 94 valence electrons. The van der Waals surface area contributed by atoms with Gasteiger partial charge in [-0.15, -0.1) is 0 Å². The minimum atomic E-state index is -4.34. The minimum Gasteiger partial charge on any atom is -0.490 e. The zero-order chi connectivity index (χ0) is 12.5. The van der Waals surface area contributed by atoms with E-state index in [1.807, 2.05) is 0 Å². The van der Waals surface area contributed by atoms with Gasteiger partial charge in [0, 0.05) is 0 Å². The lowest BCUT2D eigenvalue weighted by Crippen LogP contribution is -2.33. The van der Waals surface area contributed by atoms with Gasteiger partial charge in [-0.05, 0) is 30.9 Å². The van der Waals surface area contributed by atoms with Crippen LogP contribution < -0.4 is 4.74 Å². The highest BCUT2D eigenvalue weighted by Crippen LogP contribution is 2.39. The molecule has 1 aliphatic rings. The first kappa shape index (κ1) is 12.3. The van der Waals surface area contributed by atoms with Crippen LogP contribution in [0.2, 0.25) is 0 Å². The quantitative estimate of drug-likeness (QED) is 0.771. The molecule has 0 bridgehead atoms. The Balaban J connectivity index is 2.06. The largest absolute Gasteiger partial charge is 0.490 e. The second kappa shape index (κ2) is 4.59. The fraction of sp³-hybridized carbons (Fsp3) is 0.538. The number of ether oxygens (including phenoxy) is 1. The maximum atomic E-state index is 12.7. The third kappa shape index (κ3) is 2.73. The molecule has 4 heteroatoms. The molecule has 0 saturated heterocycles. The summed E-state index contributed by atoms with van der Waals surface area (Å²) in [6, 6.07) is 5.40. The van der Waals surface area contributed by atoms with Gasteiger partial charge in [-0.3, -0.25) is 0 Å². The van der Waals surface area contributed by atoms with Gasteiger partial charge in [0.2, 0.25) is 0 Å². The van der Waals surface area contributed by atoms with Crippen LogP contribution in [0.1, 0.15) is 31.7 Å². The summed E-state index contributed by atoms with van der Waals surface area (Å²) in [5.41, 5.74) is -0.681. The molecule has 17 heavy (non-hydrogen) atoms. The number of hydrogen-bond acceptors (Lipinski definition) is 1. The van der Waals surface area contributed by atoms with E-state index in [9.17, 15) is 13.2 Å². The molecule has 0 spiro atoms. The average molecular weight is 244 g/mol. The summed E-state index contributed by atoms with van der Waals surface area (Å²) in [4.78, 5) is 0. The fourth-order valence-electron chi connectivity index (χ4n) is 2.09. The molecular formula is C13H15F3O. The van der Waals surface area contributed by atoms with Gasteiger partial charge in [0.05, 0.1) is 11.7 Å². The van der Waals surface area contributed by atoms with Crippen LogP contribution in [0.25, 0.3) is 0 Å². The molecule has 0 atom stereocenters. The van der Waals surface area contributed by atoms with Crippen LogP contribution in [0.15, 0.2) is 24.3 Å². The van der Waals surface area contributed by atoms with Crippen LogP contribution in [0.5, 0.6) is 5.75 Å². The van der Waals surface area contributed by atoms with Gasteiger partial charge in [-0.25, -0.2) is 0 Å². The molecule has 0 aromatic heterocycles. The van der Waals surface area contributed by atoms with E-state index in [0.29, 0.717) is 5.92 Å². The van der Waals surface area contributed by atoms with Gasteiger partial charge >= 0.3 is 6.18 Å². The zero-order valence-electron chi connectivity index (χ0n) is 9.63. The fourth-order valence-corrected chi connectivity index (χ4v) is 2.09. The lowest BCUT2D eigenvalue weighted by molar-refractivity contribution is -0.139. The Morgan fingerprint density at radius 2 is 1.88 bits per heavy atom. The van der Waals surface area contributed by atoms with E-state index in [1.54, 1.807) is 6.07 Å². The number of benzene rings is 1. The van der Waals surface area contributed by atoms with Gasteiger partial charge in [0.25, 0.3) is 0 Å². The van der Waals surface area contributed by atoms with E-state index in [2.05, 4.69) is 6.92 Å². The summed E-state index contributed by atoms with van der Waals surface area (Å²) in [5.74, 6) is 0.567. The first-order valence-corrected chi connectivity index (χ1v) is 5.83. The SMILES string of the molecule is CCC1CC(Oc2ccccc2C(F)(F)F)C1. The Bertz CT molecular complexity index is 380. The molecule has 1 aromatic rings. The summed E-state index contributed by atoms with van der Waals surface area (Å²) in [6.45, 7) is 2.09. The highest BCUT2D eigenvalue weighted by molar-refractivity contribution is 5.35. The summed E-state index contributed by atoms with van der Waals surface area (Å²) in [6.07, 6.45) is -1.60. The van der Waals surface area contributed by atoms with E-state index in [0.717, 1.165) is 25.3 Å². The predicted octanol–water partition coefficient (Wildman–Crippen LogP) is 4.27. The Kier molecular flexibility index (Phi) is 3.31. The normalized spacial score (nSPS) is 24.2. The highest BCUT2D eigenvalue weighted by Gasteiger charge is 2.36. The van der Waals surface area contributed by atoms with Crippen molar-refractivity contribution < 1.29 is 17.9 Å². The van der Waals surface area contributed by atoms with Crippen LogP contribution in [-0.2, 0) is 6.18 Å². The Morgan fingerprint density at radius 1 is 1.24 bits per heavy atom. The van der Waals surface area contributed by atoms with Gasteiger partial charge in [-0.2, -0.15) is 13.2 Å². The van der Waals surface area contributed by atoms with Crippen molar-refractivity contribution >= 4 is 0 Å². The topological polar surface area (TPSA) is 9.23 Å². The molecule has 1 nitrogen and oxygen atoms in total. The van der Waals surface area contributed by atoms with Crippen molar-refractivity contribution in [1.29, 1.82) is 0 Å². The third-order valence-corrected chi connectivity index (χ3v) is 3.26. The summed E-state index contributed by atoms with van der Waals surface area (Å²) in [5, 5.41) is 0. The molecule has 0 radical (unpaired) electrons. The second-order valence-corrected chi connectivity index (χ2v) is 4.48. The smallest absolute Gasteiger partial charge is 0.419 e. The van der Waals surface area contributed by atoms with Crippen LogP contribution in [0.3, 0.4) is 0 Å². The van der Waals surface area contributed by atoms with E-state index in [4.69, 9.17) is 4.74 Å². The molecule has 1 fully saturated rings. The van der Waals surface area contributed by atoms with Crippen molar-refractivity contribution in [3.05, 3.63) is 29.8 Å². The Morgan fingerprint density at radius 3 is 2.47 bits per heavy atom. The lowest BCUT2D eigenvalue weighted by atomic mass is 9.80. The maximum Gasteiger partial charge on any atom is 0.419 e. The number of para-hydroxylation sites is 1. The molecular weight excluding hydrogens is 229 g/mol. The number of rotatable bonds is 3. The van der Waals surface area contributed by atoms with Gasteiger partial charge in [-0.1, -0.05) is 25.5 Å². The average Bonchev–Trinajstić information content (AvgIpc) is 2.22. The molecule has 0 amide bonds.